The smallest absolute Gasteiger partial charge is 0.327 e. The van der Waals surface area contributed by atoms with Crippen molar-refractivity contribution >= 4 is 23.6 Å². The molecule has 0 aliphatic rings. The number of aliphatic carboxylic acids is 1. The van der Waals surface area contributed by atoms with E-state index in [9.17, 15) is 9.59 Å². The lowest BCUT2D eigenvalue weighted by Crippen LogP contribution is -2.41. The molecule has 0 bridgehead atoms. The lowest BCUT2D eigenvalue weighted by Gasteiger charge is -2.13. The van der Waals surface area contributed by atoms with Crippen LogP contribution in [-0.4, -0.2) is 48.2 Å². The van der Waals surface area contributed by atoms with E-state index in [0.717, 1.165) is 11.5 Å². The molecule has 0 aliphatic heterocycles. The van der Waals surface area contributed by atoms with Crippen LogP contribution < -0.4 is 14.8 Å². The summed E-state index contributed by atoms with van der Waals surface area (Å²) in [6.45, 7) is 1.76. The Morgan fingerprint density at radius 1 is 1.29 bits per heavy atom. The molecule has 1 rings (SSSR count). The molecule has 1 aromatic rings. The number of rotatable bonds is 9. The van der Waals surface area contributed by atoms with Crippen molar-refractivity contribution in [1.29, 1.82) is 0 Å². The van der Waals surface area contributed by atoms with Crippen molar-refractivity contribution in [3.8, 4) is 11.5 Å². The number of hydrogen-bond acceptors (Lipinski definition) is 5. The number of amides is 1. The molecule has 0 spiro atoms. The van der Waals surface area contributed by atoms with Crippen molar-refractivity contribution in [2.24, 2.45) is 0 Å². The fraction of sp³-hybridized carbons (Fsp3) is 0.429. The van der Waals surface area contributed by atoms with E-state index in [1.165, 1.54) is 18.7 Å². The summed E-state index contributed by atoms with van der Waals surface area (Å²) in [4.78, 5) is 21.8. The van der Waals surface area contributed by atoms with Gasteiger partial charge in [-0.25, -0.2) is 4.79 Å². The van der Waals surface area contributed by atoms with Crippen LogP contribution in [0.25, 0.3) is 0 Å². The first-order chi connectivity index (χ1) is 10.0. The quantitative estimate of drug-likeness (QED) is 0.670. The lowest BCUT2D eigenvalue weighted by atomic mass is 10.3. The first kappa shape index (κ1) is 17.2. The Kier molecular flexibility index (Phi) is 7.45. The predicted molar refractivity (Wildman–Crippen MR) is 81.1 cm³/mol. The van der Waals surface area contributed by atoms with Gasteiger partial charge in [-0.2, -0.15) is 11.8 Å². The number of ether oxygens (including phenoxy) is 2. The monoisotopic (exact) mass is 313 g/mol. The van der Waals surface area contributed by atoms with Crippen molar-refractivity contribution < 1.29 is 24.2 Å². The third kappa shape index (κ3) is 6.89. The van der Waals surface area contributed by atoms with Gasteiger partial charge in [-0.1, -0.05) is 0 Å². The van der Waals surface area contributed by atoms with Crippen molar-refractivity contribution in [3.05, 3.63) is 24.3 Å². The maximum Gasteiger partial charge on any atom is 0.327 e. The second kappa shape index (κ2) is 9.12. The summed E-state index contributed by atoms with van der Waals surface area (Å²) >= 11 is 1.41. The molecule has 0 radical (unpaired) electrons. The Morgan fingerprint density at radius 2 is 1.90 bits per heavy atom. The summed E-state index contributed by atoms with van der Waals surface area (Å²) in [6.07, 6.45) is 0. The molecule has 1 atom stereocenters. The molecule has 1 unspecified atom stereocenters. The van der Waals surface area contributed by atoms with E-state index in [-0.39, 0.29) is 5.91 Å². The summed E-state index contributed by atoms with van der Waals surface area (Å²) in [6, 6.07) is 6.36. The third-order valence-corrected chi connectivity index (χ3v) is 3.54. The Morgan fingerprint density at radius 3 is 2.43 bits per heavy atom. The van der Waals surface area contributed by atoms with Crippen molar-refractivity contribution in [1.82, 2.24) is 5.32 Å². The molecule has 0 saturated carbocycles. The van der Waals surface area contributed by atoms with Crippen LogP contribution in [0, 0.1) is 0 Å². The first-order valence-electron chi connectivity index (χ1n) is 6.37. The van der Waals surface area contributed by atoms with E-state index in [0.29, 0.717) is 18.1 Å². The fourth-order valence-corrected chi connectivity index (χ4v) is 2.34. The van der Waals surface area contributed by atoms with Gasteiger partial charge in [0, 0.05) is 18.4 Å². The number of hydrogen-bond donors (Lipinski definition) is 2. The van der Waals surface area contributed by atoms with Crippen LogP contribution in [0.3, 0.4) is 0 Å². The standard InChI is InChI=1S/C14H19NO5S/c1-10(16)15-13(14(17)18)9-21-8-7-20-12-5-3-11(19-2)4-6-12/h3-6,13H,7-9H2,1-2H3,(H,15,16)(H,17,18). The highest BCUT2D eigenvalue weighted by Crippen LogP contribution is 2.17. The van der Waals surface area contributed by atoms with Crippen LogP contribution in [0.4, 0.5) is 0 Å². The van der Waals surface area contributed by atoms with Gasteiger partial charge in [-0.05, 0) is 24.3 Å². The first-order valence-corrected chi connectivity index (χ1v) is 7.53. The number of thioether (sulfide) groups is 1. The summed E-state index contributed by atoms with van der Waals surface area (Å²) < 4.78 is 10.6. The van der Waals surface area contributed by atoms with Crippen molar-refractivity contribution in [2.75, 3.05) is 25.2 Å². The van der Waals surface area contributed by atoms with Gasteiger partial charge in [0.25, 0.3) is 0 Å². The van der Waals surface area contributed by atoms with Gasteiger partial charge in [-0.15, -0.1) is 0 Å². The van der Waals surface area contributed by atoms with Crippen LogP contribution in [0.15, 0.2) is 24.3 Å². The highest BCUT2D eigenvalue weighted by molar-refractivity contribution is 7.99. The maximum atomic E-state index is 10.9. The van der Waals surface area contributed by atoms with Crippen LogP contribution in [0.2, 0.25) is 0 Å². The average Bonchev–Trinajstić information content (AvgIpc) is 2.45. The Hall–Kier alpha value is -1.89. The van der Waals surface area contributed by atoms with E-state index in [1.54, 1.807) is 31.4 Å². The Labute approximate surface area is 127 Å². The predicted octanol–water partition coefficient (Wildman–Crippen LogP) is 1.40. The lowest BCUT2D eigenvalue weighted by molar-refractivity contribution is -0.140. The largest absolute Gasteiger partial charge is 0.497 e. The van der Waals surface area contributed by atoms with E-state index in [4.69, 9.17) is 14.6 Å². The Balaban J connectivity index is 2.23. The molecule has 0 saturated heterocycles. The molecule has 0 aromatic heterocycles. The number of carbonyl (C=O) groups excluding carboxylic acids is 1. The molecular weight excluding hydrogens is 294 g/mol. The normalized spacial score (nSPS) is 11.5. The minimum absolute atomic E-state index is 0.306. The zero-order chi connectivity index (χ0) is 15.7. The van der Waals surface area contributed by atoms with Gasteiger partial charge in [0.1, 0.15) is 17.5 Å². The molecule has 21 heavy (non-hydrogen) atoms. The van der Waals surface area contributed by atoms with Gasteiger partial charge in [-0.3, -0.25) is 4.79 Å². The number of carboxylic acid groups (broad SMARTS) is 1. The number of nitrogens with one attached hydrogen (secondary N) is 1. The van der Waals surface area contributed by atoms with Crippen LogP contribution in [0.5, 0.6) is 11.5 Å². The Bertz CT molecular complexity index is 463. The number of carboxylic acids is 1. The van der Waals surface area contributed by atoms with Gasteiger partial charge in [0.05, 0.1) is 13.7 Å². The summed E-state index contributed by atoms with van der Waals surface area (Å²) in [5.74, 6) is 1.05. The molecule has 0 aliphatic carbocycles. The maximum absolute atomic E-state index is 10.9. The van der Waals surface area contributed by atoms with E-state index in [2.05, 4.69) is 5.32 Å². The number of benzene rings is 1. The number of methoxy groups -OCH3 is 1. The molecular formula is C14H19NO5S. The second-order valence-electron chi connectivity index (χ2n) is 4.19. The number of carbonyl (C=O) groups is 2. The van der Waals surface area contributed by atoms with Crippen LogP contribution in [-0.2, 0) is 9.59 Å². The highest BCUT2D eigenvalue weighted by atomic mass is 32.2. The third-order valence-electron chi connectivity index (χ3n) is 2.52. The molecule has 0 heterocycles. The fourth-order valence-electron chi connectivity index (χ4n) is 1.51. The van der Waals surface area contributed by atoms with Gasteiger partial charge >= 0.3 is 5.97 Å². The summed E-state index contributed by atoms with van der Waals surface area (Å²) in [5, 5.41) is 11.3. The minimum atomic E-state index is -1.03. The van der Waals surface area contributed by atoms with Crippen molar-refractivity contribution in [2.45, 2.75) is 13.0 Å². The van der Waals surface area contributed by atoms with E-state index in [1.807, 2.05) is 0 Å². The summed E-state index contributed by atoms with van der Waals surface area (Å²) in [5.41, 5.74) is 0. The SMILES string of the molecule is COc1ccc(OCCSCC(NC(C)=O)C(=O)O)cc1. The molecule has 6 nitrogen and oxygen atoms in total. The van der Waals surface area contributed by atoms with Gasteiger partial charge < -0.3 is 19.9 Å². The van der Waals surface area contributed by atoms with E-state index >= 15 is 0 Å². The molecule has 116 valence electrons. The molecule has 1 amide bonds. The topological polar surface area (TPSA) is 84.9 Å². The van der Waals surface area contributed by atoms with Crippen LogP contribution >= 0.6 is 11.8 Å². The van der Waals surface area contributed by atoms with Gasteiger partial charge in [0.15, 0.2) is 0 Å². The van der Waals surface area contributed by atoms with Crippen LogP contribution in [0.1, 0.15) is 6.92 Å². The van der Waals surface area contributed by atoms with E-state index < -0.39 is 12.0 Å². The van der Waals surface area contributed by atoms with Crippen molar-refractivity contribution in [3.63, 3.8) is 0 Å². The summed E-state index contributed by atoms with van der Waals surface area (Å²) in [7, 11) is 1.60. The second-order valence-corrected chi connectivity index (χ2v) is 5.34. The zero-order valence-corrected chi connectivity index (χ0v) is 12.8. The molecule has 1 aromatic carbocycles. The minimum Gasteiger partial charge on any atom is -0.497 e. The molecule has 7 heteroatoms. The zero-order valence-electron chi connectivity index (χ0n) is 12.0. The molecule has 2 N–H and O–H groups in total. The highest BCUT2D eigenvalue weighted by Gasteiger charge is 2.17. The van der Waals surface area contributed by atoms with Gasteiger partial charge in [0.2, 0.25) is 5.91 Å². The molecule has 0 fully saturated rings. The average molecular weight is 313 g/mol.